The Morgan fingerprint density at radius 1 is 1.45 bits per heavy atom. The number of rotatable bonds is 3. The van der Waals surface area contributed by atoms with Crippen LogP contribution in [-0.4, -0.2) is 10.9 Å². The van der Waals surface area contributed by atoms with Crippen LogP contribution in [0.5, 0.6) is 0 Å². The first-order chi connectivity index (χ1) is 9.47. The molecular weight excluding hydrogens is 281 g/mol. The van der Waals surface area contributed by atoms with Crippen molar-refractivity contribution in [2.45, 2.75) is 13.0 Å². The summed E-state index contributed by atoms with van der Waals surface area (Å²) in [7, 11) is 0. The van der Waals surface area contributed by atoms with Gasteiger partial charge in [-0.05, 0) is 30.7 Å². The third kappa shape index (κ3) is 3.24. The fourth-order valence-electron chi connectivity index (χ4n) is 1.77. The standard InChI is InChI=1S/C14H13ClFN3O/c1-8(9-3-2-4-10(15)5-9)19-14(20)12-6-11(16)7-18-13(12)17/h2-8H,1H3,(H2,17,18)(H,19,20). The van der Waals surface area contributed by atoms with Crippen LogP contribution in [0.4, 0.5) is 10.2 Å². The number of nitrogen functional groups attached to an aromatic ring is 1. The molecule has 1 amide bonds. The highest BCUT2D eigenvalue weighted by molar-refractivity contribution is 6.30. The van der Waals surface area contributed by atoms with Gasteiger partial charge >= 0.3 is 0 Å². The summed E-state index contributed by atoms with van der Waals surface area (Å²) < 4.78 is 13.1. The van der Waals surface area contributed by atoms with Crippen LogP contribution in [0, 0.1) is 5.82 Å². The van der Waals surface area contributed by atoms with E-state index in [1.807, 2.05) is 6.07 Å². The molecule has 1 aromatic carbocycles. The van der Waals surface area contributed by atoms with Crippen molar-refractivity contribution < 1.29 is 9.18 Å². The molecule has 4 nitrogen and oxygen atoms in total. The number of nitrogens with zero attached hydrogens (tertiary/aromatic N) is 1. The molecule has 104 valence electrons. The second-order valence-electron chi connectivity index (χ2n) is 4.34. The molecular formula is C14H13ClFN3O. The zero-order chi connectivity index (χ0) is 14.7. The number of anilines is 1. The fourth-order valence-corrected chi connectivity index (χ4v) is 1.96. The smallest absolute Gasteiger partial charge is 0.255 e. The maximum atomic E-state index is 13.1. The van der Waals surface area contributed by atoms with Gasteiger partial charge in [-0.25, -0.2) is 9.37 Å². The Labute approximate surface area is 120 Å². The van der Waals surface area contributed by atoms with Gasteiger partial charge < -0.3 is 11.1 Å². The van der Waals surface area contributed by atoms with Crippen molar-refractivity contribution in [3.63, 3.8) is 0 Å². The molecule has 3 N–H and O–H groups in total. The largest absolute Gasteiger partial charge is 0.383 e. The molecule has 0 fully saturated rings. The number of aromatic nitrogens is 1. The van der Waals surface area contributed by atoms with Crippen LogP contribution in [0.2, 0.25) is 5.02 Å². The van der Waals surface area contributed by atoms with Crippen LogP contribution in [0.15, 0.2) is 36.5 Å². The molecule has 1 heterocycles. The number of nitrogens with one attached hydrogen (secondary N) is 1. The van der Waals surface area contributed by atoms with Gasteiger partial charge in [0.15, 0.2) is 0 Å². The van der Waals surface area contributed by atoms with E-state index in [1.165, 1.54) is 0 Å². The van der Waals surface area contributed by atoms with E-state index >= 15 is 0 Å². The Morgan fingerprint density at radius 2 is 2.20 bits per heavy atom. The van der Waals surface area contributed by atoms with Crippen molar-refractivity contribution in [3.8, 4) is 0 Å². The summed E-state index contributed by atoms with van der Waals surface area (Å²) in [6, 6.07) is 7.89. The van der Waals surface area contributed by atoms with Crippen LogP contribution in [0.25, 0.3) is 0 Å². The number of hydrogen-bond acceptors (Lipinski definition) is 3. The minimum atomic E-state index is -0.611. The minimum Gasteiger partial charge on any atom is -0.383 e. The van der Waals surface area contributed by atoms with E-state index in [2.05, 4.69) is 10.3 Å². The molecule has 20 heavy (non-hydrogen) atoms. The molecule has 1 atom stereocenters. The summed E-state index contributed by atoms with van der Waals surface area (Å²) in [5.41, 5.74) is 6.42. The Kier molecular flexibility index (Phi) is 4.20. The van der Waals surface area contributed by atoms with Crippen molar-refractivity contribution in [1.29, 1.82) is 0 Å². The predicted molar refractivity (Wildman–Crippen MR) is 75.9 cm³/mol. The average molecular weight is 294 g/mol. The molecule has 0 aliphatic heterocycles. The molecule has 0 aliphatic carbocycles. The molecule has 0 saturated heterocycles. The lowest BCUT2D eigenvalue weighted by atomic mass is 10.1. The van der Waals surface area contributed by atoms with Gasteiger partial charge in [0.1, 0.15) is 11.6 Å². The maximum absolute atomic E-state index is 13.1. The molecule has 2 aromatic rings. The Hall–Kier alpha value is -2.14. The van der Waals surface area contributed by atoms with E-state index < -0.39 is 11.7 Å². The van der Waals surface area contributed by atoms with Crippen LogP contribution >= 0.6 is 11.6 Å². The molecule has 6 heteroatoms. The summed E-state index contributed by atoms with van der Waals surface area (Å²) in [6.07, 6.45) is 0.965. The van der Waals surface area contributed by atoms with Crippen molar-refractivity contribution in [2.75, 3.05) is 5.73 Å². The second kappa shape index (κ2) is 5.88. The molecule has 0 bridgehead atoms. The summed E-state index contributed by atoms with van der Waals surface area (Å²) in [6.45, 7) is 1.80. The summed E-state index contributed by atoms with van der Waals surface area (Å²) in [4.78, 5) is 15.7. The van der Waals surface area contributed by atoms with Gasteiger partial charge in [-0.2, -0.15) is 0 Å². The maximum Gasteiger partial charge on any atom is 0.255 e. The molecule has 1 unspecified atom stereocenters. The van der Waals surface area contributed by atoms with Crippen molar-refractivity contribution in [2.24, 2.45) is 0 Å². The average Bonchev–Trinajstić information content (AvgIpc) is 2.41. The predicted octanol–water partition coefficient (Wildman–Crippen LogP) is 2.95. The first-order valence-corrected chi connectivity index (χ1v) is 6.32. The van der Waals surface area contributed by atoms with Crippen LogP contribution in [0.3, 0.4) is 0 Å². The quantitative estimate of drug-likeness (QED) is 0.914. The zero-order valence-electron chi connectivity index (χ0n) is 10.7. The van der Waals surface area contributed by atoms with Gasteiger partial charge in [-0.1, -0.05) is 23.7 Å². The highest BCUT2D eigenvalue weighted by Crippen LogP contribution is 2.18. The highest BCUT2D eigenvalue weighted by Gasteiger charge is 2.15. The molecule has 0 radical (unpaired) electrons. The number of amides is 1. The number of pyridine rings is 1. The Bertz CT molecular complexity index is 648. The van der Waals surface area contributed by atoms with E-state index in [0.29, 0.717) is 5.02 Å². The number of carbonyl (C=O) groups excluding carboxylic acids is 1. The van der Waals surface area contributed by atoms with Crippen molar-refractivity contribution in [1.82, 2.24) is 10.3 Å². The fraction of sp³-hybridized carbons (Fsp3) is 0.143. The van der Waals surface area contributed by atoms with E-state index in [1.54, 1.807) is 25.1 Å². The first-order valence-electron chi connectivity index (χ1n) is 5.94. The first kappa shape index (κ1) is 14.3. The molecule has 1 aromatic heterocycles. The number of halogens is 2. The monoisotopic (exact) mass is 293 g/mol. The van der Waals surface area contributed by atoms with Gasteiger partial charge in [0.2, 0.25) is 0 Å². The second-order valence-corrected chi connectivity index (χ2v) is 4.77. The summed E-state index contributed by atoms with van der Waals surface area (Å²) in [5.74, 6) is -1.11. The van der Waals surface area contributed by atoms with E-state index in [9.17, 15) is 9.18 Å². The molecule has 2 rings (SSSR count). The van der Waals surface area contributed by atoms with Gasteiger partial charge in [-0.3, -0.25) is 4.79 Å². The van der Waals surface area contributed by atoms with Crippen LogP contribution < -0.4 is 11.1 Å². The van der Waals surface area contributed by atoms with Crippen molar-refractivity contribution >= 4 is 23.3 Å². The van der Waals surface area contributed by atoms with Crippen LogP contribution in [0.1, 0.15) is 28.9 Å². The lowest BCUT2D eigenvalue weighted by Gasteiger charge is -2.15. The number of carbonyl (C=O) groups is 1. The Balaban J connectivity index is 2.17. The Morgan fingerprint density at radius 3 is 2.90 bits per heavy atom. The van der Waals surface area contributed by atoms with Gasteiger partial charge in [0, 0.05) is 5.02 Å². The lowest BCUT2D eigenvalue weighted by molar-refractivity contribution is 0.0940. The molecule has 0 aliphatic rings. The topological polar surface area (TPSA) is 68.0 Å². The third-order valence-electron chi connectivity index (χ3n) is 2.83. The SMILES string of the molecule is CC(NC(=O)c1cc(F)cnc1N)c1cccc(Cl)c1. The van der Waals surface area contributed by atoms with Crippen molar-refractivity contribution in [3.05, 3.63) is 58.5 Å². The number of nitrogens with two attached hydrogens (primary N) is 1. The third-order valence-corrected chi connectivity index (χ3v) is 3.06. The van der Waals surface area contributed by atoms with Crippen LogP contribution in [-0.2, 0) is 0 Å². The number of benzene rings is 1. The van der Waals surface area contributed by atoms with Gasteiger partial charge in [0.25, 0.3) is 5.91 Å². The summed E-state index contributed by atoms with van der Waals surface area (Å²) >= 11 is 5.90. The molecule has 0 spiro atoms. The highest BCUT2D eigenvalue weighted by atomic mass is 35.5. The zero-order valence-corrected chi connectivity index (χ0v) is 11.5. The van der Waals surface area contributed by atoms with E-state index in [4.69, 9.17) is 17.3 Å². The van der Waals surface area contributed by atoms with E-state index in [-0.39, 0.29) is 17.4 Å². The van der Waals surface area contributed by atoms with Gasteiger partial charge in [-0.15, -0.1) is 0 Å². The van der Waals surface area contributed by atoms with Gasteiger partial charge in [0.05, 0.1) is 17.8 Å². The number of hydrogen-bond donors (Lipinski definition) is 2. The molecule has 0 saturated carbocycles. The van der Waals surface area contributed by atoms with E-state index in [0.717, 1.165) is 17.8 Å². The lowest BCUT2D eigenvalue weighted by Crippen LogP contribution is -2.27. The minimum absolute atomic E-state index is 0.0119. The normalized spacial score (nSPS) is 11.9. The summed E-state index contributed by atoms with van der Waals surface area (Å²) in [5, 5.41) is 3.30.